The molecule has 2 rings (SSSR count). The fraction of sp³-hybridized carbons (Fsp3) is 0.471. The largest absolute Gasteiger partial charge is 0.466 e. The second-order valence-electron chi connectivity index (χ2n) is 5.60. The van der Waals surface area contributed by atoms with Crippen LogP contribution in [0.2, 0.25) is 0 Å². The van der Waals surface area contributed by atoms with Crippen LogP contribution in [0.1, 0.15) is 19.8 Å². The van der Waals surface area contributed by atoms with E-state index in [-0.39, 0.29) is 36.8 Å². The van der Waals surface area contributed by atoms with Gasteiger partial charge in [0.05, 0.1) is 13.0 Å². The number of rotatable bonds is 7. The molecule has 0 saturated carbocycles. The van der Waals surface area contributed by atoms with Crippen LogP contribution in [0.3, 0.4) is 0 Å². The zero-order chi connectivity index (χ0) is 17.4. The van der Waals surface area contributed by atoms with Crippen molar-refractivity contribution in [2.75, 3.05) is 31.1 Å². The molecule has 7 nitrogen and oxygen atoms in total. The first-order valence-electron chi connectivity index (χ1n) is 8.13. The minimum Gasteiger partial charge on any atom is -0.466 e. The molecule has 7 heteroatoms. The first-order chi connectivity index (χ1) is 11.6. The molecule has 2 N–H and O–H groups in total. The predicted molar refractivity (Wildman–Crippen MR) is 89.6 cm³/mol. The van der Waals surface area contributed by atoms with Gasteiger partial charge in [-0.3, -0.25) is 9.59 Å². The molecule has 1 atom stereocenters. The summed E-state index contributed by atoms with van der Waals surface area (Å²) in [7, 11) is 0. The van der Waals surface area contributed by atoms with Crippen LogP contribution in [0, 0.1) is 5.92 Å². The standard InChI is InChI=1S/C17H23N3O4/c1-2-24-16(22)8-9-18-17(23)19-11-13-10-15(21)20(12-13)14-6-4-3-5-7-14/h3-7,13H,2,8-12H2,1H3,(H2,18,19,23). The Kier molecular flexibility index (Phi) is 6.60. The number of carbonyl (C=O) groups excluding carboxylic acids is 3. The molecule has 1 aliphatic rings. The van der Waals surface area contributed by atoms with E-state index in [0.29, 0.717) is 26.1 Å². The molecular weight excluding hydrogens is 310 g/mol. The maximum absolute atomic E-state index is 12.1. The van der Waals surface area contributed by atoms with E-state index in [1.54, 1.807) is 11.8 Å². The number of esters is 1. The van der Waals surface area contributed by atoms with Gasteiger partial charge in [-0.05, 0) is 19.1 Å². The number of amides is 3. The van der Waals surface area contributed by atoms with Crippen molar-refractivity contribution in [2.45, 2.75) is 19.8 Å². The summed E-state index contributed by atoms with van der Waals surface area (Å²) in [4.78, 5) is 36.7. The predicted octanol–water partition coefficient (Wildman–Crippen LogP) is 1.29. The smallest absolute Gasteiger partial charge is 0.314 e. The zero-order valence-electron chi connectivity index (χ0n) is 13.8. The van der Waals surface area contributed by atoms with Crippen molar-refractivity contribution >= 4 is 23.6 Å². The van der Waals surface area contributed by atoms with Crippen LogP contribution in [0.25, 0.3) is 0 Å². The number of nitrogens with one attached hydrogen (secondary N) is 2. The van der Waals surface area contributed by atoms with Crippen LogP contribution >= 0.6 is 0 Å². The lowest BCUT2D eigenvalue weighted by atomic mass is 10.1. The van der Waals surface area contributed by atoms with Crippen LogP contribution in [0.15, 0.2) is 30.3 Å². The Morgan fingerprint density at radius 3 is 2.71 bits per heavy atom. The number of nitrogens with zero attached hydrogens (tertiary/aromatic N) is 1. The molecule has 1 saturated heterocycles. The molecule has 1 fully saturated rings. The Balaban J connectivity index is 1.69. The molecule has 1 aromatic carbocycles. The van der Waals surface area contributed by atoms with E-state index in [4.69, 9.17) is 4.74 Å². The van der Waals surface area contributed by atoms with Gasteiger partial charge >= 0.3 is 12.0 Å². The minimum atomic E-state index is -0.343. The molecular formula is C17H23N3O4. The van der Waals surface area contributed by atoms with Crippen LogP contribution in [0.4, 0.5) is 10.5 Å². The van der Waals surface area contributed by atoms with E-state index in [1.165, 1.54) is 0 Å². The van der Waals surface area contributed by atoms with Gasteiger partial charge in [0.15, 0.2) is 0 Å². The maximum atomic E-state index is 12.1. The van der Waals surface area contributed by atoms with Gasteiger partial charge < -0.3 is 20.3 Å². The number of hydrogen-bond acceptors (Lipinski definition) is 4. The van der Waals surface area contributed by atoms with Crippen LogP contribution < -0.4 is 15.5 Å². The number of hydrogen-bond donors (Lipinski definition) is 2. The molecule has 1 heterocycles. The normalized spacial score (nSPS) is 16.8. The molecule has 0 spiro atoms. The van der Waals surface area contributed by atoms with Crippen molar-refractivity contribution in [3.63, 3.8) is 0 Å². The zero-order valence-corrected chi connectivity index (χ0v) is 13.8. The lowest BCUT2D eigenvalue weighted by Crippen LogP contribution is -2.39. The van der Waals surface area contributed by atoms with Crippen LogP contribution in [-0.4, -0.2) is 44.1 Å². The molecule has 0 radical (unpaired) electrons. The number of benzene rings is 1. The molecule has 1 aliphatic heterocycles. The summed E-state index contributed by atoms with van der Waals surface area (Å²) < 4.78 is 4.78. The lowest BCUT2D eigenvalue weighted by molar-refractivity contribution is -0.142. The van der Waals surface area contributed by atoms with Crippen molar-refractivity contribution in [2.24, 2.45) is 5.92 Å². The van der Waals surface area contributed by atoms with Gasteiger partial charge in [-0.2, -0.15) is 0 Å². The van der Waals surface area contributed by atoms with E-state index >= 15 is 0 Å². The van der Waals surface area contributed by atoms with Gasteiger partial charge in [0, 0.05) is 37.7 Å². The van der Waals surface area contributed by atoms with Crippen molar-refractivity contribution in [3.05, 3.63) is 30.3 Å². The number of urea groups is 1. The fourth-order valence-corrected chi connectivity index (χ4v) is 2.59. The highest BCUT2D eigenvalue weighted by molar-refractivity contribution is 5.95. The van der Waals surface area contributed by atoms with Gasteiger partial charge in [0.25, 0.3) is 0 Å². The third kappa shape index (κ3) is 5.26. The average Bonchev–Trinajstić information content (AvgIpc) is 2.95. The number of para-hydroxylation sites is 1. The summed E-state index contributed by atoms with van der Waals surface area (Å²) in [6.07, 6.45) is 0.558. The fourth-order valence-electron chi connectivity index (χ4n) is 2.59. The highest BCUT2D eigenvalue weighted by Gasteiger charge is 2.30. The molecule has 1 unspecified atom stereocenters. The first kappa shape index (κ1) is 17.8. The Morgan fingerprint density at radius 2 is 2.00 bits per heavy atom. The van der Waals surface area contributed by atoms with Crippen molar-refractivity contribution in [3.8, 4) is 0 Å². The number of ether oxygens (including phenoxy) is 1. The van der Waals surface area contributed by atoms with Crippen molar-refractivity contribution in [1.82, 2.24) is 10.6 Å². The summed E-state index contributed by atoms with van der Waals surface area (Å²) in [5, 5.41) is 5.34. The summed E-state index contributed by atoms with van der Waals surface area (Å²) in [6, 6.07) is 9.15. The molecule has 130 valence electrons. The number of carbonyl (C=O) groups is 3. The highest BCUT2D eigenvalue weighted by Crippen LogP contribution is 2.24. The minimum absolute atomic E-state index is 0.0655. The van der Waals surface area contributed by atoms with E-state index in [9.17, 15) is 14.4 Å². The van der Waals surface area contributed by atoms with Gasteiger partial charge in [0.2, 0.25) is 5.91 Å². The molecule has 0 aliphatic carbocycles. The maximum Gasteiger partial charge on any atom is 0.314 e. The first-order valence-corrected chi connectivity index (χ1v) is 8.13. The SMILES string of the molecule is CCOC(=O)CCNC(=O)NCC1CC(=O)N(c2ccccc2)C1. The highest BCUT2D eigenvalue weighted by atomic mass is 16.5. The summed E-state index contributed by atoms with van der Waals surface area (Å²) in [6.45, 7) is 3.30. The average molecular weight is 333 g/mol. The summed E-state index contributed by atoms with van der Waals surface area (Å²) in [5.41, 5.74) is 0.879. The second-order valence-corrected chi connectivity index (χ2v) is 5.60. The number of anilines is 1. The third-order valence-corrected chi connectivity index (χ3v) is 3.74. The monoisotopic (exact) mass is 333 g/mol. The Morgan fingerprint density at radius 1 is 1.25 bits per heavy atom. The van der Waals surface area contributed by atoms with E-state index in [0.717, 1.165) is 5.69 Å². The van der Waals surface area contributed by atoms with Crippen LogP contribution in [-0.2, 0) is 14.3 Å². The quantitative estimate of drug-likeness (QED) is 0.736. The topological polar surface area (TPSA) is 87.7 Å². The van der Waals surface area contributed by atoms with E-state index in [1.807, 2.05) is 30.3 Å². The van der Waals surface area contributed by atoms with Gasteiger partial charge in [-0.1, -0.05) is 18.2 Å². The summed E-state index contributed by atoms with van der Waals surface area (Å²) >= 11 is 0. The van der Waals surface area contributed by atoms with Crippen molar-refractivity contribution < 1.29 is 19.1 Å². The van der Waals surface area contributed by atoms with Crippen LogP contribution in [0.5, 0.6) is 0 Å². The van der Waals surface area contributed by atoms with Crippen molar-refractivity contribution in [1.29, 1.82) is 0 Å². The van der Waals surface area contributed by atoms with Gasteiger partial charge in [-0.25, -0.2) is 4.79 Å². The molecule has 24 heavy (non-hydrogen) atoms. The molecule has 3 amide bonds. The Bertz CT molecular complexity index is 576. The van der Waals surface area contributed by atoms with E-state index in [2.05, 4.69) is 10.6 Å². The van der Waals surface area contributed by atoms with E-state index < -0.39 is 0 Å². The molecule has 0 aromatic heterocycles. The van der Waals surface area contributed by atoms with Gasteiger partial charge in [-0.15, -0.1) is 0 Å². The molecule has 1 aromatic rings. The molecule has 0 bridgehead atoms. The summed E-state index contributed by atoms with van der Waals surface area (Å²) in [5.74, 6) is -0.193. The van der Waals surface area contributed by atoms with Gasteiger partial charge in [0.1, 0.15) is 0 Å². The Hall–Kier alpha value is -2.57. The Labute approximate surface area is 141 Å². The second kappa shape index (κ2) is 8.90. The third-order valence-electron chi connectivity index (χ3n) is 3.74. The lowest BCUT2D eigenvalue weighted by Gasteiger charge is -2.17.